The molecule has 7 aromatic rings. The van der Waals surface area contributed by atoms with Crippen LogP contribution in [-0.2, 0) is 20.1 Å². The molecule has 0 aliphatic heterocycles. The van der Waals surface area contributed by atoms with Crippen LogP contribution in [0.5, 0.6) is 0 Å². The van der Waals surface area contributed by atoms with Crippen LogP contribution in [0.2, 0.25) is 0 Å². The normalized spacial score (nSPS) is 12.1. The van der Waals surface area contributed by atoms with E-state index in [0.717, 1.165) is 47.9 Å². The molecule has 1 radical (unpaired) electrons. The summed E-state index contributed by atoms with van der Waals surface area (Å²) in [4.78, 5) is 15.0. The third-order valence-electron chi connectivity index (χ3n) is 11.7. The zero-order chi connectivity index (χ0) is 37.0. The van der Waals surface area contributed by atoms with Crippen molar-refractivity contribution in [1.29, 1.82) is 0 Å². The van der Waals surface area contributed by atoms with Crippen LogP contribution in [-0.4, -0.2) is 20.7 Å². The number of ketones is 1. The Labute approximate surface area is 328 Å². The summed E-state index contributed by atoms with van der Waals surface area (Å²) in [6, 6.07) is 42.7. The van der Waals surface area contributed by atoms with E-state index in [1.807, 2.05) is 20.0 Å². The molecule has 2 N–H and O–H groups in total. The second-order valence-electron chi connectivity index (χ2n) is 14.6. The number of aryl methyl sites for hydroxylation is 1. The van der Waals surface area contributed by atoms with Gasteiger partial charge in [0.15, 0.2) is 0 Å². The fourth-order valence-corrected chi connectivity index (χ4v) is 7.13. The maximum atomic E-state index is 10.2. The molecule has 1 aromatic heterocycles. The van der Waals surface area contributed by atoms with E-state index in [4.69, 9.17) is 4.98 Å². The van der Waals surface area contributed by atoms with Gasteiger partial charge in [-0.05, 0) is 93.0 Å². The van der Waals surface area contributed by atoms with Crippen LogP contribution in [0.1, 0.15) is 72.8 Å². The Morgan fingerprint density at radius 1 is 0.642 bits per heavy atom. The van der Waals surface area contributed by atoms with Gasteiger partial charge in [-0.3, -0.25) is 4.79 Å². The Morgan fingerprint density at radius 3 is 1.79 bits per heavy atom. The molecule has 3 nitrogen and oxygen atoms in total. The summed E-state index contributed by atoms with van der Waals surface area (Å²) in [6.07, 6.45) is 6.98. The zero-order valence-electron chi connectivity index (χ0n) is 32.1. The molecule has 0 aliphatic rings. The van der Waals surface area contributed by atoms with Crippen molar-refractivity contribution in [2.45, 2.75) is 74.1 Å². The molecule has 4 heteroatoms. The Balaban J connectivity index is 0.000000259. The van der Waals surface area contributed by atoms with Crippen LogP contribution >= 0.6 is 0 Å². The van der Waals surface area contributed by atoms with Gasteiger partial charge in [0.1, 0.15) is 5.76 Å². The van der Waals surface area contributed by atoms with Crippen molar-refractivity contribution < 1.29 is 30.0 Å². The zero-order valence-corrected chi connectivity index (χ0v) is 34.4. The van der Waals surface area contributed by atoms with Gasteiger partial charge in [-0.1, -0.05) is 133 Å². The summed E-state index contributed by atoms with van der Waals surface area (Å²) in [5, 5.41) is 20.2. The molecule has 53 heavy (non-hydrogen) atoms. The van der Waals surface area contributed by atoms with Gasteiger partial charge >= 0.3 is 5.78 Å². The number of nitrogens with zero attached hydrogens (tertiary/aromatic N) is 1. The van der Waals surface area contributed by atoms with Crippen molar-refractivity contribution in [3.63, 3.8) is 0 Å². The Bertz CT molecular complexity index is 2420. The van der Waals surface area contributed by atoms with Crippen LogP contribution < -0.4 is 0 Å². The summed E-state index contributed by atoms with van der Waals surface area (Å²) in [5.74, 6) is 0.598. The molecule has 0 fully saturated rings. The number of carbonyl (C=O) groups excluding carboxylic acids is 1. The van der Waals surface area contributed by atoms with Gasteiger partial charge in [-0.25, -0.2) is 0 Å². The van der Waals surface area contributed by atoms with E-state index in [1.165, 1.54) is 48.8 Å². The summed E-state index contributed by atoms with van der Waals surface area (Å²) >= 11 is 0. The Hall–Kier alpha value is -4.63. The van der Waals surface area contributed by atoms with Gasteiger partial charge in [-0.2, -0.15) is 0 Å². The van der Waals surface area contributed by atoms with Crippen molar-refractivity contribution in [3.05, 3.63) is 139 Å². The van der Waals surface area contributed by atoms with Crippen molar-refractivity contribution >= 4 is 48.9 Å². The fourth-order valence-electron chi connectivity index (χ4n) is 7.13. The third kappa shape index (κ3) is 7.86. The number of hydrogen-bond donors (Lipinski definition) is 1. The van der Waals surface area contributed by atoms with Gasteiger partial charge in [0.2, 0.25) is 0 Å². The number of aliphatic hydroxyl groups is 1. The Kier molecular flexibility index (Phi) is 12.4. The summed E-state index contributed by atoms with van der Waals surface area (Å²) in [5.41, 5.74) is 5.06. The number of aliphatic hydroxyl groups excluding tert-OH is 1. The number of aromatic nitrogens is 1. The van der Waals surface area contributed by atoms with E-state index in [1.54, 1.807) is 6.08 Å². The quantitative estimate of drug-likeness (QED) is 0.0516. The maximum Gasteiger partial charge on any atom is 0.325 e. The first-order valence-corrected chi connectivity index (χ1v) is 18.7. The predicted molar refractivity (Wildman–Crippen MR) is 224 cm³/mol. The minimum Gasteiger partial charge on any atom is -0.511 e. The topological polar surface area (TPSA) is 54.5 Å². The van der Waals surface area contributed by atoms with Gasteiger partial charge < -0.3 is 10.1 Å². The summed E-state index contributed by atoms with van der Waals surface area (Å²) in [7, 11) is 0. The van der Waals surface area contributed by atoms with Crippen LogP contribution in [0.25, 0.3) is 65.5 Å². The predicted octanol–water partition coefficient (Wildman–Crippen LogP) is 13.8. The molecule has 0 bridgehead atoms. The molecule has 0 saturated heterocycles. The fraction of sp³-hybridized carbons (Fsp3) is 0.265. The number of pyridine rings is 1. The smallest absolute Gasteiger partial charge is 0.325 e. The number of rotatable bonds is 9. The van der Waals surface area contributed by atoms with Gasteiger partial charge in [0.05, 0.1) is 11.5 Å². The minimum atomic E-state index is -0.226. The summed E-state index contributed by atoms with van der Waals surface area (Å²) in [6.45, 7) is 14.4. The van der Waals surface area contributed by atoms with E-state index in [-0.39, 0.29) is 30.9 Å². The first-order valence-electron chi connectivity index (χ1n) is 18.7. The van der Waals surface area contributed by atoms with Crippen molar-refractivity contribution in [3.8, 4) is 22.4 Å². The number of hydrogen-bond acceptors (Lipinski definition) is 2. The third-order valence-corrected chi connectivity index (χ3v) is 11.7. The first-order chi connectivity index (χ1) is 25.1. The van der Waals surface area contributed by atoms with Crippen LogP contribution in [0, 0.1) is 23.8 Å². The SMILES string of the molecule is CCC(C)(CC)C(=[OH+])/C=C(\O)C(C)(CC)CC.Cc1[c-]c(-c2nccc3c2ccc2c3ccc3c4ccccc4ccc32)cc(-c2ccccc2)c1.[Ir]. The van der Waals surface area contributed by atoms with Crippen molar-refractivity contribution in [1.82, 2.24) is 4.98 Å². The van der Waals surface area contributed by atoms with E-state index >= 15 is 0 Å². The molecule has 6 aromatic carbocycles. The van der Waals surface area contributed by atoms with Crippen LogP contribution in [0.4, 0.5) is 0 Å². The molecular formula is C49H51IrNO2. The van der Waals surface area contributed by atoms with Crippen molar-refractivity contribution in [2.24, 2.45) is 10.8 Å². The molecule has 1 heterocycles. The minimum absolute atomic E-state index is 0. The number of allylic oxidation sites excluding steroid dienone is 2. The van der Waals surface area contributed by atoms with Crippen LogP contribution in [0.15, 0.2) is 127 Å². The van der Waals surface area contributed by atoms with E-state index in [0.29, 0.717) is 11.5 Å². The van der Waals surface area contributed by atoms with E-state index in [2.05, 4.69) is 150 Å². The standard InChI is InChI=1S/C34H22N.C15H28O2.Ir/c1-22-19-25(23-7-3-2-4-8-23)21-26(20-22)34-33-16-15-30-29-12-11-24-9-5-6-10-27(24)28(29)13-14-31(30)32(33)17-18-35-34;1-7-14(5,8-2)12(16)11-13(17)15(6,9-3)10-4;/h2-19,21H,1H3;11,16H,7-10H2,1-6H3;/q-1;;/p+1/b;12-11-;. The Morgan fingerprint density at radius 2 is 1.17 bits per heavy atom. The largest absolute Gasteiger partial charge is 0.511 e. The number of fused-ring (bicyclic) bond motifs is 7. The van der Waals surface area contributed by atoms with E-state index in [9.17, 15) is 9.90 Å². The molecule has 0 spiro atoms. The van der Waals surface area contributed by atoms with Crippen molar-refractivity contribution in [2.75, 3.05) is 0 Å². The second-order valence-corrected chi connectivity index (χ2v) is 14.6. The maximum absolute atomic E-state index is 10.2. The average molecular weight is 878 g/mol. The van der Waals surface area contributed by atoms with Gasteiger partial charge in [0, 0.05) is 31.7 Å². The molecule has 0 amide bonds. The molecule has 0 aliphatic carbocycles. The van der Waals surface area contributed by atoms with E-state index < -0.39 is 0 Å². The molecule has 273 valence electrons. The second kappa shape index (κ2) is 16.6. The molecular weight excluding hydrogens is 827 g/mol. The molecule has 0 unspecified atom stereocenters. The van der Waals surface area contributed by atoms with Gasteiger partial charge in [-0.15, -0.1) is 34.9 Å². The van der Waals surface area contributed by atoms with Crippen LogP contribution in [0.3, 0.4) is 0 Å². The van der Waals surface area contributed by atoms with Gasteiger partial charge in [0.25, 0.3) is 0 Å². The molecule has 0 saturated carbocycles. The monoisotopic (exact) mass is 878 g/mol. The average Bonchev–Trinajstić information content (AvgIpc) is 3.19. The number of benzene rings is 6. The molecule has 7 rings (SSSR count). The summed E-state index contributed by atoms with van der Waals surface area (Å²) < 4.78 is 0. The first kappa shape index (κ1) is 39.6. The molecule has 0 atom stereocenters.